The summed E-state index contributed by atoms with van der Waals surface area (Å²) >= 11 is 0. The van der Waals surface area contributed by atoms with Gasteiger partial charge in [0.25, 0.3) is 0 Å². The molecule has 0 bridgehead atoms. The molecule has 1 aliphatic carbocycles. The third-order valence-electron chi connectivity index (χ3n) is 3.58. The van der Waals surface area contributed by atoms with Gasteiger partial charge in [-0.25, -0.2) is 0 Å². The quantitative estimate of drug-likeness (QED) is 0.658. The minimum Gasteiger partial charge on any atom is -0.335 e. The van der Waals surface area contributed by atoms with Gasteiger partial charge in [0.05, 0.1) is 6.04 Å². The number of amides is 1. The molecule has 0 saturated carbocycles. The third-order valence-corrected chi connectivity index (χ3v) is 3.58. The predicted molar refractivity (Wildman–Crippen MR) is 73.0 cm³/mol. The second-order valence-corrected chi connectivity index (χ2v) is 4.64. The van der Waals surface area contributed by atoms with Crippen LogP contribution < -0.4 is 10.4 Å². The van der Waals surface area contributed by atoms with Crippen molar-refractivity contribution in [2.24, 2.45) is 0 Å². The van der Waals surface area contributed by atoms with Crippen molar-refractivity contribution in [2.75, 3.05) is 7.05 Å². The highest BCUT2D eigenvalue weighted by Crippen LogP contribution is 2.18. The number of hydrogen-bond donors (Lipinski definition) is 0. The number of benzene rings is 1. The van der Waals surface area contributed by atoms with Gasteiger partial charge < -0.3 is 4.90 Å². The van der Waals surface area contributed by atoms with E-state index in [4.69, 9.17) is 0 Å². The number of rotatable bonds is 0. The van der Waals surface area contributed by atoms with Crippen LogP contribution in [0.25, 0.3) is 11.6 Å². The van der Waals surface area contributed by atoms with Gasteiger partial charge >= 0.3 is 0 Å². The fourth-order valence-electron chi connectivity index (χ4n) is 2.55. The molecule has 0 aromatic heterocycles. The minimum atomic E-state index is 0.0531. The number of fused-ring (bicyclic) bond motifs is 2. The summed E-state index contributed by atoms with van der Waals surface area (Å²) in [6.07, 6.45) is 10.7. The van der Waals surface area contributed by atoms with Crippen molar-refractivity contribution in [2.45, 2.75) is 12.5 Å². The second-order valence-electron chi connectivity index (χ2n) is 4.64. The smallest absolute Gasteiger partial charge is 0.226 e. The lowest BCUT2D eigenvalue weighted by Gasteiger charge is -2.29. The minimum absolute atomic E-state index is 0.0531. The van der Waals surface area contributed by atoms with Crippen LogP contribution >= 0.6 is 0 Å². The molecule has 0 spiro atoms. The number of allylic oxidation sites excluding steroid dienone is 2. The van der Waals surface area contributed by atoms with E-state index in [9.17, 15) is 4.79 Å². The number of likely N-dealkylation sites (N-methyl/N-ethyl adjacent to an activating group) is 1. The number of nitrogens with zero attached hydrogens (tertiary/aromatic N) is 1. The summed E-state index contributed by atoms with van der Waals surface area (Å²) in [6, 6.07) is 8.32. The summed E-state index contributed by atoms with van der Waals surface area (Å²) < 4.78 is 0. The Morgan fingerprint density at radius 2 is 2.06 bits per heavy atom. The Kier molecular flexibility index (Phi) is 2.63. The molecule has 0 fully saturated rings. The first-order valence-electron chi connectivity index (χ1n) is 6.17. The zero-order valence-corrected chi connectivity index (χ0v) is 10.3. The van der Waals surface area contributed by atoms with Crippen LogP contribution in [0.2, 0.25) is 0 Å². The van der Waals surface area contributed by atoms with E-state index in [1.165, 1.54) is 10.8 Å². The maximum atomic E-state index is 12.1. The third kappa shape index (κ3) is 1.70. The van der Waals surface area contributed by atoms with Gasteiger partial charge in [-0.05, 0) is 16.0 Å². The first-order chi connectivity index (χ1) is 8.77. The average molecular weight is 237 g/mol. The van der Waals surface area contributed by atoms with Gasteiger partial charge in [-0.2, -0.15) is 0 Å². The summed E-state index contributed by atoms with van der Waals surface area (Å²) in [4.78, 5) is 13.9. The highest BCUT2D eigenvalue weighted by molar-refractivity contribution is 5.85. The fourth-order valence-corrected chi connectivity index (χ4v) is 2.55. The summed E-state index contributed by atoms with van der Waals surface area (Å²) in [7, 11) is 1.87. The molecule has 1 heterocycles. The maximum Gasteiger partial charge on any atom is 0.226 e. The zero-order valence-electron chi connectivity index (χ0n) is 10.3. The molecule has 1 aromatic rings. The lowest BCUT2D eigenvalue weighted by atomic mass is 9.95. The van der Waals surface area contributed by atoms with Gasteiger partial charge in [0.15, 0.2) is 0 Å². The summed E-state index contributed by atoms with van der Waals surface area (Å²) in [5, 5.41) is 2.38. The Balaban J connectivity index is 2.37. The molecule has 1 atom stereocenters. The summed E-state index contributed by atoms with van der Waals surface area (Å²) in [5.41, 5.74) is 1.19. The molecule has 18 heavy (non-hydrogen) atoms. The predicted octanol–water partition coefficient (Wildman–Crippen LogP) is 0.974. The molecule has 3 rings (SSSR count). The van der Waals surface area contributed by atoms with Crippen LogP contribution in [-0.4, -0.2) is 23.9 Å². The van der Waals surface area contributed by atoms with Crippen molar-refractivity contribution in [3.63, 3.8) is 0 Å². The molecular formula is C16H15NO. The maximum absolute atomic E-state index is 12.1. The highest BCUT2D eigenvalue weighted by atomic mass is 16.2. The van der Waals surface area contributed by atoms with E-state index in [0.717, 1.165) is 5.22 Å². The number of carbonyl (C=O) groups excluding carboxylic acids is 1. The largest absolute Gasteiger partial charge is 0.335 e. The first-order valence-corrected chi connectivity index (χ1v) is 6.17. The molecular weight excluding hydrogens is 222 g/mol. The van der Waals surface area contributed by atoms with Gasteiger partial charge in [0, 0.05) is 13.5 Å². The van der Waals surface area contributed by atoms with Gasteiger partial charge in [0.1, 0.15) is 0 Å². The van der Waals surface area contributed by atoms with Gasteiger partial charge in [0.2, 0.25) is 5.91 Å². The Hall–Kier alpha value is -2.09. The molecule has 2 aliphatic rings. The Labute approximate surface area is 106 Å². The molecule has 0 saturated heterocycles. The van der Waals surface area contributed by atoms with E-state index in [0.29, 0.717) is 6.42 Å². The second kappa shape index (κ2) is 4.30. The van der Waals surface area contributed by atoms with E-state index in [1.807, 2.05) is 42.3 Å². The topological polar surface area (TPSA) is 20.3 Å². The fraction of sp³-hybridized carbons (Fsp3) is 0.188. The van der Waals surface area contributed by atoms with Gasteiger partial charge in [-0.3, -0.25) is 4.79 Å². The van der Waals surface area contributed by atoms with Crippen LogP contribution in [0.5, 0.6) is 0 Å². The van der Waals surface area contributed by atoms with Crippen LogP contribution in [-0.2, 0) is 4.79 Å². The Bertz CT molecular complexity index is 667. The van der Waals surface area contributed by atoms with E-state index >= 15 is 0 Å². The normalized spacial score (nSPS) is 24.8. The lowest BCUT2D eigenvalue weighted by Crippen LogP contribution is -2.42. The Morgan fingerprint density at radius 3 is 2.94 bits per heavy atom. The van der Waals surface area contributed by atoms with Crippen LogP contribution in [0.1, 0.15) is 6.42 Å². The van der Waals surface area contributed by atoms with E-state index in [2.05, 4.69) is 24.3 Å². The first kappa shape index (κ1) is 11.0. The summed E-state index contributed by atoms with van der Waals surface area (Å²) in [6.45, 7) is 0. The average Bonchev–Trinajstić information content (AvgIpc) is 2.43. The molecule has 2 nitrogen and oxygen atoms in total. The van der Waals surface area contributed by atoms with Crippen molar-refractivity contribution >= 4 is 17.6 Å². The molecule has 0 N–H and O–H groups in total. The summed E-state index contributed by atoms with van der Waals surface area (Å²) in [5.74, 6) is 0.159. The van der Waals surface area contributed by atoms with Crippen molar-refractivity contribution < 1.29 is 4.79 Å². The van der Waals surface area contributed by atoms with Crippen LogP contribution in [0.15, 0.2) is 48.6 Å². The van der Waals surface area contributed by atoms with Crippen LogP contribution in [0.3, 0.4) is 0 Å². The van der Waals surface area contributed by atoms with Crippen LogP contribution in [0.4, 0.5) is 0 Å². The van der Waals surface area contributed by atoms with Crippen molar-refractivity contribution in [3.8, 4) is 0 Å². The molecule has 1 amide bonds. The Morgan fingerprint density at radius 1 is 1.22 bits per heavy atom. The molecule has 1 unspecified atom stereocenters. The van der Waals surface area contributed by atoms with Crippen molar-refractivity contribution in [1.29, 1.82) is 0 Å². The standard InChI is InChI=1S/C16H15NO/c1-17-15-9-5-4-8-14(15)13-7-3-2-6-12(13)10-11-16(17)18/h2-10,15H,11H2,1H3/b12-10?,14-13-. The monoisotopic (exact) mass is 237 g/mol. The van der Waals surface area contributed by atoms with Gasteiger partial charge in [-0.15, -0.1) is 0 Å². The lowest BCUT2D eigenvalue weighted by molar-refractivity contribution is -0.129. The van der Waals surface area contributed by atoms with Crippen molar-refractivity contribution in [3.05, 3.63) is 59.0 Å². The van der Waals surface area contributed by atoms with E-state index in [-0.39, 0.29) is 11.9 Å². The van der Waals surface area contributed by atoms with E-state index < -0.39 is 0 Å². The molecule has 2 heteroatoms. The zero-order chi connectivity index (χ0) is 12.5. The van der Waals surface area contributed by atoms with Crippen LogP contribution in [0, 0.1) is 0 Å². The molecule has 90 valence electrons. The number of carbonyl (C=O) groups is 1. The SMILES string of the molecule is CN1C(=O)CC=c2cccc/c2=C2\C=CC=CC21. The van der Waals surface area contributed by atoms with E-state index in [1.54, 1.807) is 0 Å². The number of hydrogen-bond acceptors (Lipinski definition) is 1. The van der Waals surface area contributed by atoms with Gasteiger partial charge in [-0.1, -0.05) is 54.6 Å². The molecule has 1 aliphatic heterocycles. The molecule has 0 radical (unpaired) electrons. The van der Waals surface area contributed by atoms with Crippen molar-refractivity contribution in [1.82, 2.24) is 4.90 Å². The highest BCUT2D eigenvalue weighted by Gasteiger charge is 2.22. The molecule has 1 aromatic carbocycles.